The van der Waals surface area contributed by atoms with E-state index in [-0.39, 0.29) is 5.91 Å². The van der Waals surface area contributed by atoms with Gasteiger partial charge < -0.3 is 5.32 Å². The second-order valence-corrected chi connectivity index (χ2v) is 9.35. The number of hydrogen-bond donors (Lipinski definition) is 1. The molecular weight excluding hydrogens is 412 g/mol. The molecule has 0 aliphatic heterocycles. The molecule has 1 fully saturated rings. The maximum absolute atomic E-state index is 12.5. The molecule has 1 aliphatic carbocycles. The predicted octanol–water partition coefficient (Wildman–Crippen LogP) is 5.10. The van der Waals surface area contributed by atoms with Gasteiger partial charge in [0.2, 0.25) is 5.91 Å². The zero-order valence-corrected chi connectivity index (χ0v) is 18.5. The van der Waals surface area contributed by atoms with Gasteiger partial charge in [0, 0.05) is 16.6 Å². The van der Waals surface area contributed by atoms with E-state index in [0.29, 0.717) is 17.5 Å². The Kier molecular flexibility index (Phi) is 7.48. The summed E-state index contributed by atoms with van der Waals surface area (Å²) in [5.41, 5.74) is 1.02. The van der Waals surface area contributed by atoms with Crippen molar-refractivity contribution in [1.29, 1.82) is 0 Å². The summed E-state index contributed by atoms with van der Waals surface area (Å²) in [4.78, 5) is 13.7. The highest BCUT2D eigenvalue weighted by molar-refractivity contribution is 7.99. The van der Waals surface area contributed by atoms with E-state index in [1.807, 2.05) is 48.5 Å². The van der Waals surface area contributed by atoms with E-state index >= 15 is 0 Å². The van der Waals surface area contributed by atoms with Crippen LogP contribution in [-0.4, -0.2) is 32.5 Å². The number of hydrogen-bond acceptors (Lipinski definition) is 5. The number of amides is 1. The number of thioether (sulfide) groups is 2. The van der Waals surface area contributed by atoms with Gasteiger partial charge in [-0.15, -0.1) is 22.0 Å². The summed E-state index contributed by atoms with van der Waals surface area (Å²) in [5.74, 6) is 2.02. The monoisotopic (exact) mass is 438 g/mol. The number of rotatable bonds is 8. The third kappa shape index (κ3) is 5.67. The van der Waals surface area contributed by atoms with Crippen molar-refractivity contribution in [2.75, 3.05) is 5.75 Å². The highest BCUT2D eigenvalue weighted by atomic mass is 32.2. The van der Waals surface area contributed by atoms with Crippen LogP contribution in [0.15, 0.2) is 70.7 Å². The van der Waals surface area contributed by atoms with E-state index in [4.69, 9.17) is 0 Å². The van der Waals surface area contributed by atoms with Crippen molar-refractivity contribution in [3.63, 3.8) is 0 Å². The van der Waals surface area contributed by atoms with Crippen LogP contribution in [0, 0.1) is 0 Å². The largest absolute Gasteiger partial charge is 0.353 e. The van der Waals surface area contributed by atoms with Gasteiger partial charge in [0.1, 0.15) is 5.82 Å². The summed E-state index contributed by atoms with van der Waals surface area (Å²) >= 11 is 3.18. The van der Waals surface area contributed by atoms with Gasteiger partial charge in [-0.05, 0) is 37.1 Å². The molecule has 0 bridgehead atoms. The minimum absolute atomic E-state index is 0.0784. The number of benzene rings is 2. The molecule has 2 aromatic carbocycles. The number of carbonyl (C=O) groups excluding carboxylic acids is 1. The van der Waals surface area contributed by atoms with Crippen LogP contribution in [0.5, 0.6) is 0 Å². The summed E-state index contributed by atoms with van der Waals surface area (Å²) < 4.78 is 2.06. The van der Waals surface area contributed by atoms with E-state index in [1.54, 1.807) is 11.8 Å². The van der Waals surface area contributed by atoms with E-state index in [2.05, 4.69) is 32.2 Å². The van der Waals surface area contributed by atoms with Crippen LogP contribution in [0.25, 0.3) is 5.69 Å². The van der Waals surface area contributed by atoms with E-state index in [1.165, 1.54) is 35.9 Å². The van der Waals surface area contributed by atoms with Crippen molar-refractivity contribution in [2.45, 2.75) is 54.0 Å². The van der Waals surface area contributed by atoms with Gasteiger partial charge in [0.25, 0.3) is 0 Å². The summed E-state index contributed by atoms with van der Waals surface area (Å²) in [6.07, 6.45) is 5.89. The second kappa shape index (κ2) is 10.7. The summed E-state index contributed by atoms with van der Waals surface area (Å²) in [5, 5.41) is 12.8. The molecular formula is C23H26N4OS2. The molecule has 3 aromatic rings. The molecule has 1 heterocycles. The number of para-hydroxylation sites is 1. The van der Waals surface area contributed by atoms with E-state index in [9.17, 15) is 4.79 Å². The summed E-state index contributed by atoms with van der Waals surface area (Å²) in [6, 6.07) is 20.7. The Balaban J connectivity index is 1.45. The second-order valence-electron chi connectivity index (χ2n) is 7.36. The molecule has 1 saturated carbocycles. The van der Waals surface area contributed by atoms with Gasteiger partial charge >= 0.3 is 0 Å². The standard InChI is InChI=1S/C23H26N4OS2/c28-22(24-18-10-4-1-5-11-18)17-30-23-26-25-21(16-29-20-14-8-3-9-15-20)27(23)19-12-6-2-7-13-19/h2-3,6-9,12-15,18H,1,4-5,10-11,16-17H2,(H,24,28). The molecule has 7 heteroatoms. The third-order valence-corrected chi connectivity index (χ3v) is 7.07. The van der Waals surface area contributed by atoms with Crippen LogP contribution in [0.4, 0.5) is 0 Å². The fourth-order valence-corrected chi connectivity index (χ4v) is 5.25. The molecule has 0 atom stereocenters. The van der Waals surface area contributed by atoms with Crippen molar-refractivity contribution < 1.29 is 4.79 Å². The first-order valence-corrected chi connectivity index (χ1v) is 12.4. The number of carbonyl (C=O) groups is 1. The van der Waals surface area contributed by atoms with Crippen LogP contribution in [0.1, 0.15) is 37.9 Å². The predicted molar refractivity (Wildman–Crippen MR) is 123 cm³/mol. The quantitative estimate of drug-likeness (QED) is 0.496. The average Bonchev–Trinajstić information content (AvgIpc) is 3.21. The minimum atomic E-state index is 0.0784. The van der Waals surface area contributed by atoms with Crippen molar-refractivity contribution in [3.8, 4) is 5.69 Å². The molecule has 5 nitrogen and oxygen atoms in total. The lowest BCUT2D eigenvalue weighted by molar-refractivity contribution is -0.119. The molecule has 30 heavy (non-hydrogen) atoms. The zero-order valence-electron chi connectivity index (χ0n) is 16.9. The first kappa shape index (κ1) is 21.0. The molecule has 4 rings (SSSR count). The van der Waals surface area contributed by atoms with E-state index in [0.717, 1.165) is 29.5 Å². The lowest BCUT2D eigenvalue weighted by atomic mass is 9.95. The highest BCUT2D eigenvalue weighted by Gasteiger charge is 2.18. The summed E-state index contributed by atoms with van der Waals surface area (Å²) in [7, 11) is 0. The Labute approximate surface area is 186 Å². The average molecular weight is 439 g/mol. The van der Waals surface area contributed by atoms with Crippen molar-refractivity contribution in [3.05, 3.63) is 66.5 Å². The molecule has 156 valence electrons. The SMILES string of the molecule is O=C(CSc1nnc(CSc2ccccc2)n1-c1ccccc1)NC1CCCCC1. The smallest absolute Gasteiger partial charge is 0.230 e. The highest BCUT2D eigenvalue weighted by Crippen LogP contribution is 2.27. The van der Waals surface area contributed by atoms with Gasteiger partial charge in [-0.3, -0.25) is 9.36 Å². The van der Waals surface area contributed by atoms with Gasteiger partial charge in [0.15, 0.2) is 5.16 Å². The van der Waals surface area contributed by atoms with Crippen LogP contribution in [0.3, 0.4) is 0 Å². The Morgan fingerprint density at radius 2 is 1.63 bits per heavy atom. The lowest BCUT2D eigenvalue weighted by Crippen LogP contribution is -2.37. The molecule has 0 saturated heterocycles. The van der Waals surface area contributed by atoms with Gasteiger partial charge in [-0.2, -0.15) is 0 Å². The van der Waals surface area contributed by atoms with Gasteiger partial charge in [-0.25, -0.2) is 0 Å². The van der Waals surface area contributed by atoms with Gasteiger partial charge in [0.05, 0.1) is 11.5 Å². The maximum atomic E-state index is 12.5. The first-order valence-electron chi connectivity index (χ1n) is 10.4. The van der Waals surface area contributed by atoms with Crippen molar-refractivity contribution >= 4 is 29.4 Å². The van der Waals surface area contributed by atoms with Crippen LogP contribution >= 0.6 is 23.5 Å². The Morgan fingerprint density at radius 1 is 0.933 bits per heavy atom. The fraction of sp³-hybridized carbons (Fsp3) is 0.348. The van der Waals surface area contributed by atoms with Crippen molar-refractivity contribution in [2.24, 2.45) is 0 Å². The third-order valence-electron chi connectivity index (χ3n) is 5.13. The molecule has 0 unspecified atom stereocenters. The fourth-order valence-electron chi connectivity index (χ4n) is 3.63. The maximum Gasteiger partial charge on any atom is 0.230 e. The van der Waals surface area contributed by atoms with Crippen LogP contribution in [-0.2, 0) is 10.5 Å². The molecule has 1 amide bonds. The molecule has 1 aliphatic rings. The Bertz CT molecular complexity index is 940. The summed E-state index contributed by atoms with van der Waals surface area (Å²) in [6.45, 7) is 0. The molecule has 1 aromatic heterocycles. The number of aromatic nitrogens is 3. The first-order chi connectivity index (χ1) is 14.8. The molecule has 0 radical (unpaired) electrons. The Morgan fingerprint density at radius 3 is 2.37 bits per heavy atom. The van der Waals surface area contributed by atoms with Gasteiger partial charge in [-0.1, -0.05) is 67.4 Å². The van der Waals surface area contributed by atoms with E-state index < -0.39 is 0 Å². The van der Waals surface area contributed by atoms with Crippen molar-refractivity contribution in [1.82, 2.24) is 20.1 Å². The molecule has 1 N–H and O–H groups in total. The number of nitrogens with zero attached hydrogens (tertiary/aromatic N) is 3. The molecule has 0 spiro atoms. The number of nitrogens with one attached hydrogen (secondary N) is 1. The lowest BCUT2D eigenvalue weighted by Gasteiger charge is -2.22. The van der Waals surface area contributed by atoms with Crippen LogP contribution < -0.4 is 5.32 Å². The normalized spacial score (nSPS) is 14.5. The Hall–Kier alpha value is -2.25. The zero-order chi connectivity index (χ0) is 20.6. The topological polar surface area (TPSA) is 59.8 Å². The van der Waals surface area contributed by atoms with Crippen LogP contribution in [0.2, 0.25) is 0 Å². The minimum Gasteiger partial charge on any atom is -0.353 e.